The summed E-state index contributed by atoms with van der Waals surface area (Å²) < 4.78 is 0. The van der Waals surface area contributed by atoms with Crippen molar-refractivity contribution in [3.63, 3.8) is 0 Å². The fourth-order valence-corrected chi connectivity index (χ4v) is 1.94. The molecule has 0 aromatic heterocycles. The van der Waals surface area contributed by atoms with Crippen LogP contribution in [0.4, 0.5) is 5.69 Å². The Kier molecular flexibility index (Phi) is 7.19. The predicted molar refractivity (Wildman–Crippen MR) is 85.7 cm³/mol. The van der Waals surface area contributed by atoms with E-state index in [4.69, 9.17) is 11.6 Å². The first-order valence-corrected chi connectivity index (χ1v) is 7.23. The zero-order valence-electron chi connectivity index (χ0n) is 12.7. The van der Waals surface area contributed by atoms with Crippen molar-refractivity contribution < 1.29 is 9.59 Å². The Bertz CT molecular complexity index is 474. The van der Waals surface area contributed by atoms with Crippen LogP contribution in [0.1, 0.15) is 13.3 Å². The van der Waals surface area contributed by atoms with Gasteiger partial charge in [-0.05, 0) is 38.4 Å². The van der Waals surface area contributed by atoms with Gasteiger partial charge >= 0.3 is 0 Å². The van der Waals surface area contributed by atoms with Gasteiger partial charge in [-0.2, -0.15) is 0 Å². The van der Waals surface area contributed by atoms with Crippen molar-refractivity contribution in [2.75, 3.05) is 38.6 Å². The highest BCUT2D eigenvalue weighted by atomic mass is 35.5. The molecule has 2 amide bonds. The molecule has 0 radical (unpaired) electrons. The van der Waals surface area contributed by atoms with Crippen LogP contribution < -0.4 is 10.2 Å². The van der Waals surface area contributed by atoms with Crippen molar-refractivity contribution in [1.29, 1.82) is 0 Å². The number of hydrogen-bond acceptors (Lipinski definition) is 3. The van der Waals surface area contributed by atoms with Gasteiger partial charge in [-0.15, -0.1) is 0 Å². The fraction of sp³-hybridized carbons (Fsp3) is 0.467. The number of rotatable bonds is 7. The molecule has 0 heterocycles. The van der Waals surface area contributed by atoms with Crippen molar-refractivity contribution in [1.82, 2.24) is 10.2 Å². The van der Waals surface area contributed by atoms with Gasteiger partial charge in [0.2, 0.25) is 11.8 Å². The molecule has 1 rings (SSSR count). The Balaban J connectivity index is 2.50. The molecule has 21 heavy (non-hydrogen) atoms. The molecule has 0 saturated carbocycles. The second-order valence-electron chi connectivity index (χ2n) is 5.05. The molecular formula is C15H22ClN3O2. The third-order valence-electron chi connectivity index (χ3n) is 2.96. The lowest BCUT2D eigenvalue weighted by atomic mass is 10.2. The lowest BCUT2D eigenvalue weighted by molar-refractivity contribution is -0.121. The lowest BCUT2D eigenvalue weighted by Gasteiger charge is -2.21. The van der Waals surface area contributed by atoms with Gasteiger partial charge in [0.25, 0.3) is 0 Å². The number of anilines is 1. The summed E-state index contributed by atoms with van der Waals surface area (Å²) in [6, 6.07) is 7.00. The van der Waals surface area contributed by atoms with E-state index >= 15 is 0 Å². The molecule has 1 N–H and O–H groups in total. The first kappa shape index (κ1) is 17.5. The van der Waals surface area contributed by atoms with Crippen LogP contribution in [0, 0.1) is 0 Å². The minimum Gasteiger partial charge on any atom is -0.355 e. The molecule has 116 valence electrons. The second kappa shape index (κ2) is 8.64. The first-order valence-electron chi connectivity index (χ1n) is 6.85. The molecule has 1 aromatic rings. The van der Waals surface area contributed by atoms with Crippen molar-refractivity contribution in [3.8, 4) is 0 Å². The van der Waals surface area contributed by atoms with Crippen LogP contribution in [-0.2, 0) is 9.59 Å². The van der Waals surface area contributed by atoms with Gasteiger partial charge in [-0.3, -0.25) is 9.59 Å². The quantitative estimate of drug-likeness (QED) is 0.835. The van der Waals surface area contributed by atoms with Crippen LogP contribution >= 0.6 is 11.6 Å². The lowest BCUT2D eigenvalue weighted by Crippen LogP contribution is -2.36. The number of nitrogens with zero attached hydrogens (tertiary/aromatic N) is 2. The molecule has 0 spiro atoms. The highest BCUT2D eigenvalue weighted by Crippen LogP contribution is 2.18. The van der Waals surface area contributed by atoms with Crippen LogP contribution in [0.3, 0.4) is 0 Å². The highest BCUT2D eigenvalue weighted by molar-refractivity contribution is 6.30. The van der Waals surface area contributed by atoms with E-state index in [9.17, 15) is 9.59 Å². The predicted octanol–water partition coefficient (Wildman–Crippen LogP) is 1.76. The Morgan fingerprint density at radius 2 is 1.76 bits per heavy atom. The zero-order valence-corrected chi connectivity index (χ0v) is 13.5. The van der Waals surface area contributed by atoms with E-state index in [1.165, 1.54) is 6.92 Å². The second-order valence-corrected chi connectivity index (χ2v) is 5.49. The number of likely N-dealkylation sites (N-methyl/N-ethyl adjacent to an activating group) is 1. The molecule has 0 saturated heterocycles. The van der Waals surface area contributed by atoms with Crippen molar-refractivity contribution in [3.05, 3.63) is 29.3 Å². The summed E-state index contributed by atoms with van der Waals surface area (Å²) in [4.78, 5) is 27.0. The largest absolute Gasteiger partial charge is 0.355 e. The number of hydrogen-bond donors (Lipinski definition) is 1. The number of carbonyl (C=O) groups excluding carboxylic acids is 2. The summed E-state index contributed by atoms with van der Waals surface area (Å²) >= 11 is 5.83. The molecule has 0 aliphatic carbocycles. The number of nitrogens with one attached hydrogen (secondary N) is 1. The molecule has 0 fully saturated rings. The Labute approximate surface area is 130 Å². The smallest absolute Gasteiger partial charge is 0.223 e. The van der Waals surface area contributed by atoms with Crippen LogP contribution in [0.25, 0.3) is 0 Å². The maximum atomic E-state index is 11.7. The summed E-state index contributed by atoms with van der Waals surface area (Å²) in [5.74, 6) is -0.157. The van der Waals surface area contributed by atoms with Gasteiger partial charge in [0.05, 0.1) is 0 Å². The average Bonchev–Trinajstić information content (AvgIpc) is 2.40. The normalized spacial score (nSPS) is 10.5. The summed E-state index contributed by atoms with van der Waals surface area (Å²) in [7, 11) is 3.90. The van der Waals surface area contributed by atoms with E-state index in [2.05, 4.69) is 5.32 Å². The van der Waals surface area contributed by atoms with Crippen molar-refractivity contribution in [2.24, 2.45) is 0 Å². The summed E-state index contributed by atoms with van der Waals surface area (Å²) in [5, 5.41) is 3.44. The molecular weight excluding hydrogens is 290 g/mol. The van der Waals surface area contributed by atoms with Crippen LogP contribution in [-0.4, -0.2) is 50.4 Å². The van der Waals surface area contributed by atoms with Gasteiger partial charge in [-0.1, -0.05) is 11.6 Å². The molecule has 5 nitrogen and oxygen atoms in total. The number of halogens is 1. The first-order chi connectivity index (χ1) is 9.90. The molecule has 6 heteroatoms. The van der Waals surface area contributed by atoms with E-state index < -0.39 is 0 Å². The van der Waals surface area contributed by atoms with Gasteiger partial charge in [-0.25, -0.2) is 0 Å². The van der Waals surface area contributed by atoms with Gasteiger partial charge < -0.3 is 15.1 Å². The maximum Gasteiger partial charge on any atom is 0.223 e. The molecule has 0 aliphatic heterocycles. The topological polar surface area (TPSA) is 52.7 Å². The summed E-state index contributed by atoms with van der Waals surface area (Å²) in [6.45, 7) is 3.23. The van der Waals surface area contributed by atoms with Gasteiger partial charge in [0.15, 0.2) is 0 Å². The van der Waals surface area contributed by atoms with Gasteiger partial charge in [0.1, 0.15) is 0 Å². The van der Waals surface area contributed by atoms with Crippen molar-refractivity contribution >= 4 is 29.1 Å². The number of carbonyl (C=O) groups is 2. The minimum atomic E-state index is -0.0987. The summed E-state index contributed by atoms with van der Waals surface area (Å²) in [5.41, 5.74) is 0.744. The average molecular weight is 312 g/mol. The molecule has 0 bridgehead atoms. The Hall–Kier alpha value is -1.59. The summed E-state index contributed by atoms with van der Waals surface area (Å²) in [6.07, 6.45) is 0.273. The van der Waals surface area contributed by atoms with E-state index in [1.807, 2.05) is 19.0 Å². The van der Waals surface area contributed by atoms with Crippen LogP contribution in [0.2, 0.25) is 5.02 Å². The molecule has 0 aliphatic rings. The van der Waals surface area contributed by atoms with E-state index in [-0.39, 0.29) is 18.2 Å². The van der Waals surface area contributed by atoms with Gasteiger partial charge in [0, 0.05) is 43.7 Å². The molecule has 0 atom stereocenters. The van der Waals surface area contributed by atoms with Crippen molar-refractivity contribution in [2.45, 2.75) is 13.3 Å². The third kappa shape index (κ3) is 6.60. The fourth-order valence-electron chi connectivity index (χ4n) is 1.81. The van der Waals surface area contributed by atoms with Crippen LogP contribution in [0.15, 0.2) is 24.3 Å². The highest BCUT2D eigenvalue weighted by Gasteiger charge is 2.13. The maximum absolute atomic E-state index is 11.7. The third-order valence-corrected chi connectivity index (χ3v) is 3.21. The monoisotopic (exact) mass is 311 g/mol. The Morgan fingerprint density at radius 1 is 1.14 bits per heavy atom. The Morgan fingerprint density at radius 3 is 2.29 bits per heavy atom. The van der Waals surface area contributed by atoms with E-state index in [0.717, 1.165) is 12.2 Å². The molecule has 1 aromatic carbocycles. The van der Waals surface area contributed by atoms with E-state index in [0.29, 0.717) is 18.1 Å². The SMILES string of the molecule is CC(=O)N(CCC(=O)NCCN(C)C)c1ccc(Cl)cc1. The van der Waals surface area contributed by atoms with E-state index in [1.54, 1.807) is 29.2 Å². The minimum absolute atomic E-state index is 0.0583. The zero-order chi connectivity index (χ0) is 15.8. The number of amides is 2. The standard InChI is InChI=1S/C15H22ClN3O2/c1-12(20)19(14-6-4-13(16)5-7-14)10-8-15(21)17-9-11-18(2)3/h4-7H,8-11H2,1-3H3,(H,17,21). The number of benzene rings is 1. The molecule has 0 unspecified atom stereocenters. The van der Waals surface area contributed by atoms with Crippen LogP contribution in [0.5, 0.6) is 0 Å².